The molecule has 6 nitrogen and oxygen atoms in total. The fourth-order valence-corrected chi connectivity index (χ4v) is 4.29. The van der Waals surface area contributed by atoms with E-state index < -0.39 is 0 Å². The Balaban J connectivity index is 1.29. The molecule has 3 aromatic rings. The van der Waals surface area contributed by atoms with E-state index in [0.717, 1.165) is 37.4 Å². The number of aromatic nitrogens is 2. The van der Waals surface area contributed by atoms with Crippen molar-refractivity contribution in [2.24, 2.45) is 0 Å². The number of hydrogen-bond donors (Lipinski definition) is 1. The summed E-state index contributed by atoms with van der Waals surface area (Å²) >= 11 is 1.56. The predicted molar refractivity (Wildman–Crippen MR) is 115 cm³/mol. The fraction of sp³-hybridized carbons (Fsp3) is 0.318. The first-order valence-electron chi connectivity index (χ1n) is 9.85. The Kier molecular flexibility index (Phi) is 6.17. The average molecular weight is 409 g/mol. The Bertz CT molecular complexity index is 993. The first-order valence-corrected chi connectivity index (χ1v) is 10.7. The third kappa shape index (κ3) is 5.19. The Morgan fingerprint density at radius 3 is 2.59 bits per heavy atom. The molecule has 0 unspecified atom stereocenters. The molecule has 2 aromatic heterocycles. The first-order chi connectivity index (χ1) is 14.2. The van der Waals surface area contributed by atoms with Gasteiger partial charge in [-0.15, -0.1) is 11.3 Å². The molecule has 7 heteroatoms. The average Bonchev–Trinajstić information content (AvgIpc) is 3.27. The molecular formula is C22H24N4O2S. The first kappa shape index (κ1) is 19.5. The number of likely N-dealkylation sites (tertiary alicyclic amines) is 1. The van der Waals surface area contributed by atoms with E-state index in [9.17, 15) is 9.59 Å². The van der Waals surface area contributed by atoms with Gasteiger partial charge in [-0.05, 0) is 35.9 Å². The van der Waals surface area contributed by atoms with Crippen LogP contribution in [0.1, 0.15) is 18.4 Å². The number of carbonyl (C=O) groups excluding carboxylic acids is 1. The molecule has 1 aliphatic rings. The van der Waals surface area contributed by atoms with Crippen molar-refractivity contribution in [3.8, 4) is 10.6 Å². The molecular weight excluding hydrogens is 384 g/mol. The molecule has 0 atom stereocenters. The smallest absolute Gasteiger partial charge is 0.267 e. The molecule has 1 fully saturated rings. The van der Waals surface area contributed by atoms with Crippen LogP contribution in [0.15, 0.2) is 64.8 Å². The van der Waals surface area contributed by atoms with Gasteiger partial charge in [0.15, 0.2) is 0 Å². The summed E-state index contributed by atoms with van der Waals surface area (Å²) in [5, 5.41) is 9.38. The highest BCUT2D eigenvalue weighted by Crippen LogP contribution is 2.21. The van der Waals surface area contributed by atoms with Crippen LogP contribution in [0.25, 0.3) is 10.6 Å². The monoisotopic (exact) mass is 408 g/mol. The highest BCUT2D eigenvalue weighted by molar-refractivity contribution is 7.13. The number of nitrogens with zero attached hydrogens (tertiary/aromatic N) is 3. The van der Waals surface area contributed by atoms with Gasteiger partial charge in [-0.1, -0.05) is 36.4 Å². The lowest BCUT2D eigenvalue weighted by atomic mass is 10.0. The SMILES string of the molecule is O=C(Cn1nc(-c2cccs2)ccc1=O)NC1CCN(Cc2ccccc2)CC1. The van der Waals surface area contributed by atoms with Crippen molar-refractivity contribution in [2.75, 3.05) is 13.1 Å². The fourth-order valence-electron chi connectivity index (χ4n) is 3.60. The Hall–Kier alpha value is -2.77. The number of amides is 1. The summed E-state index contributed by atoms with van der Waals surface area (Å²) in [6.07, 6.45) is 1.83. The summed E-state index contributed by atoms with van der Waals surface area (Å²) in [5.41, 5.74) is 1.76. The van der Waals surface area contributed by atoms with Crippen LogP contribution >= 0.6 is 11.3 Å². The quantitative estimate of drug-likeness (QED) is 0.681. The van der Waals surface area contributed by atoms with Gasteiger partial charge in [0, 0.05) is 31.7 Å². The molecule has 1 aliphatic heterocycles. The van der Waals surface area contributed by atoms with Crippen molar-refractivity contribution in [1.82, 2.24) is 20.0 Å². The number of piperidine rings is 1. The maximum absolute atomic E-state index is 12.5. The zero-order chi connectivity index (χ0) is 20.1. The van der Waals surface area contributed by atoms with Gasteiger partial charge in [-0.3, -0.25) is 14.5 Å². The highest BCUT2D eigenvalue weighted by atomic mass is 32.1. The molecule has 4 rings (SSSR count). The van der Waals surface area contributed by atoms with Gasteiger partial charge in [0.2, 0.25) is 5.91 Å². The summed E-state index contributed by atoms with van der Waals surface area (Å²) in [6, 6.07) is 17.6. The van der Waals surface area contributed by atoms with E-state index in [1.807, 2.05) is 23.6 Å². The lowest BCUT2D eigenvalue weighted by Crippen LogP contribution is -2.46. The van der Waals surface area contributed by atoms with E-state index in [-0.39, 0.29) is 24.1 Å². The van der Waals surface area contributed by atoms with Crippen LogP contribution in [-0.2, 0) is 17.9 Å². The molecule has 0 aliphatic carbocycles. The zero-order valence-corrected chi connectivity index (χ0v) is 17.0. The maximum Gasteiger partial charge on any atom is 0.267 e. The van der Waals surface area contributed by atoms with E-state index >= 15 is 0 Å². The number of rotatable bonds is 6. The van der Waals surface area contributed by atoms with Crippen LogP contribution in [-0.4, -0.2) is 39.7 Å². The van der Waals surface area contributed by atoms with Gasteiger partial charge in [0.25, 0.3) is 5.56 Å². The number of benzene rings is 1. The van der Waals surface area contributed by atoms with Crippen molar-refractivity contribution in [2.45, 2.75) is 32.0 Å². The molecule has 1 amide bonds. The van der Waals surface area contributed by atoms with Crippen molar-refractivity contribution >= 4 is 17.2 Å². The van der Waals surface area contributed by atoms with E-state index in [4.69, 9.17) is 0 Å². The van der Waals surface area contributed by atoms with Crippen LogP contribution in [0.3, 0.4) is 0 Å². The van der Waals surface area contributed by atoms with Crippen LogP contribution in [0.5, 0.6) is 0 Å². The maximum atomic E-state index is 12.5. The van der Waals surface area contributed by atoms with Gasteiger partial charge in [-0.2, -0.15) is 5.10 Å². The van der Waals surface area contributed by atoms with Gasteiger partial charge in [0.1, 0.15) is 12.2 Å². The molecule has 1 N–H and O–H groups in total. The lowest BCUT2D eigenvalue weighted by Gasteiger charge is -2.32. The molecule has 3 heterocycles. The number of hydrogen-bond acceptors (Lipinski definition) is 5. The van der Waals surface area contributed by atoms with E-state index in [1.54, 1.807) is 17.4 Å². The molecule has 29 heavy (non-hydrogen) atoms. The van der Waals surface area contributed by atoms with Gasteiger partial charge >= 0.3 is 0 Å². The lowest BCUT2D eigenvalue weighted by molar-refractivity contribution is -0.122. The summed E-state index contributed by atoms with van der Waals surface area (Å²) in [5.74, 6) is -0.163. The molecule has 1 aromatic carbocycles. The standard InChI is InChI=1S/C22H24N4O2S/c27-21(16-26-22(28)9-8-19(24-26)20-7-4-14-29-20)23-18-10-12-25(13-11-18)15-17-5-2-1-3-6-17/h1-9,14,18H,10-13,15-16H2,(H,23,27). The minimum Gasteiger partial charge on any atom is -0.352 e. The third-order valence-electron chi connectivity index (χ3n) is 5.14. The Morgan fingerprint density at radius 2 is 1.86 bits per heavy atom. The molecule has 0 bridgehead atoms. The van der Waals surface area contributed by atoms with E-state index in [0.29, 0.717) is 5.69 Å². The number of thiophene rings is 1. The van der Waals surface area contributed by atoms with Crippen molar-refractivity contribution in [1.29, 1.82) is 0 Å². The normalized spacial score (nSPS) is 15.3. The second-order valence-electron chi connectivity index (χ2n) is 7.30. The van der Waals surface area contributed by atoms with Crippen LogP contribution in [0.4, 0.5) is 0 Å². The second kappa shape index (κ2) is 9.15. The van der Waals surface area contributed by atoms with Crippen LogP contribution in [0, 0.1) is 0 Å². The molecule has 150 valence electrons. The van der Waals surface area contributed by atoms with Crippen molar-refractivity contribution in [3.05, 3.63) is 75.9 Å². The van der Waals surface area contributed by atoms with E-state index in [2.05, 4.69) is 39.6 Å². The van der Waals surface area contributed by atoms with E-state index in [1.165, 1.54) is 16.3 Å². The minimum atomic E-state index is -0.266. The molecule has 0 spiro atoms. The zero-order valence-electron chi connectivity index (χ0n) is 16.2. The summed E-state index contributed by atoms with van der Waals surface area (Å²) in [7, 11) is 0. The van der Waals surface area contributed by atoms with Crippen LogP contribution in [0.2, 0.25) is 0 Å². The van der Waals surface area contributed by atoms with Gasteiger partial charge in [0.05, 0.1) is 4.88 Å². The molecule has 0 saturated carbocycles. The van der Waals surface area contributed by atoms with Crippen LogP contribution < -0.4 is 10.9 Å². The van der Waals surface area contributed by atoms with Gasteiger partial charge in [-0.25, -0.2) is 4.68 Å². The second-order valence-corrected chi connectivity index (χ2v) is 8.24. The third-order valence-corrected chi connectivity index (χ3v) is 6.03. The number of carbonyl (C=O) groups is 1. The van der Waals surface area contributed by atoms with Gasteiger partial charge < -0.3 is 5.32 Å². The largest absolute Gasteiger partial charge is 0.352 e. The summed E-state index contributed by atoms with van der Waals surface area (Å²) in [6.45, 7) is 2.79. The van der Waals surface area contributed by atoms with Crippen molar-refractivity contribution in [3.63, 3.8) is 0 Å². The predicted octanol–water partition coefficient (Wildman–Crippen LogP) is 2.75. The Labute approximate surface area is 173 Å². The molecule has 1 saturated heterocycles. The topological polar surface area (TPSA) is 67.2 Å². The molecule has 0 radical (unpaired) electrons. The summed E-state index contributed by atoms with van der Waals surface area (Å²) < 4.78 is 1.24. The minimum absolute atomic E-state index is 0.0533. The van der Waals surface area contributed by atoms with Crippen molar-refractivity contribution < 1.29 is 4.79 Å². The Morgan fingerprint density at radius 1 is 1.07 bits per heavy atom. The highest BCUT2D eigenvalue weighted by Gasteiger charge is 2.21. The number of nitrogens with one attached hydrogen (secondary N) is 1. The summed E-state index contributed by atoms with van der Waals surface area (Å²) in [4.78, 5) is 28.0.